The third-order valence-corrected chi connectivity index (χ3v) is 4.18. The van der Waals surface area contributed by atoms with Crippen LogP contribution >= 0.6 is 0 Å². The molecule has 1 unspecified atom stereocenters. The van der Waals surface area contributed by atoms with Gasteiger partial charge in [0, 0.05) is 0 Å². The zero-order chi connectivity index (χ0) is 19.3. The lowest BCUT2D eigenvalue weighted by atomic mass is 10.1. The zero-order valence-corrected chi connectivity index (χ0v) is 15.6. The van der Waals surface area contributed by atoms with Gasteiger partial charge in [-0.25, -0.2) is 4.68 Å². The zero-order valence-electron chi connectivity index (χ0n) is 15.6. The van der Waals surface area contributed by atoms with Crippen molar-refractivity contribution in [1.29, 1.82) is 0 Å². The number of benzene rings is 2. The Morgan fingerprint density at radius 1 is 1.04 bits per heavy atom. The summed E-state index contributed by atoms with van der Waals surface area (Å²) in [6.07, 6.45) is 1.77. The largest absolute Gasteiger partial charge is 0.491 e. The van der Waals surface area contributed by atoms with E-state index in [1.54, 1.807) is 20.0 Å². The Balaban J connectivity index is 1.48. The smallest absolute Gasteiger partial charge is 0.119 e. The fourth-order valence-electron chi connectivity index (χ4n) is 2.66. The van der Waals surface area contributed by atoms with E-state index in [-0.39, 0.29) is 13.2 Å². The summed E-state index contributed by atoms with van der Waals surface area (Å²) in [7, 11) is 0. The van der Waals surface area contributed by atoms with E-state index in [0.29, 0.717) is 11.4 Å². The van der Waals surface area contributed by atoms with Gasteiger partial charge in [-0.05, 0) is 43.5 Å². The van der Waals surface area contributed by atoms with Gasteiger partial charge in [0.15, 0.2) is 0 Å². The molecule has 0 radical (unpaired) electrons. The van der Waals surface area contributed by atoms with Gasteiger partial charge in [0.25, 0.3) is 0 Å². The molecule has 0 saturated carbocycles. The van der Waals surface area contributed by atoms with Crippen molar-refractivity contribution in [1.82, 2.24) is 15.0 Å². The molecule has 1 heterocycles. The molecule has 142 valence electrons. The third kappa shape index (κ3) is 5.64. The van der Waals surface area contributed by atoms with Crippen LogP contribution in [0.25, 0.3) is 0 Å². The first-order chi connectivity index (χ1) is 12.9. The van der Waals surface area contributed by atoms with Crippen LogP contribution in [0.1, 0.15) is 30.7 Å². The maximum Gasteiger partial charge on any atom is 0.119 e. The predicted molar refractivity (Wildman–Crippen MR) is 102 cm³/mol. The lowest BCUT2D eigenvalue weighted by molar-refractivity contribution is 0.0734. The van der Waals surface area contributed by atoms with Gasteiger partial charge in [0.2, 0.25) is 0 Å². The lowest BCUT2D eigenvalue weighted by Gasteiger charge is -2.13. The van der Waals surface area contributed by atoms with Gasteiger partial charge >= 0.3 is 0 Å². The molecular weight excluding hydrogens is 342 g/mol. The summed E-state index contributed by atoms with van der Waals surface area (Å²) in [5.41, 5.74) is 1.88. The van der Waals surface area contributed by atoms with Gasteiger partial charge in [-0.1, -0.05) is 47.7 Å². The first kappa shape index (κ1) is 19.1. The summed E-state index contributed by atoms with van der Waals surface area (Å²) in [6, 6.07) is 18.2. The quantitative estimate of drug-likeness (QED) is 0.639. The molecule has 1 aromatic heterocycles. The maximum atomic E-state index is 10.1. The second-order valence-electron chi connectivity index (χ2n) is 7.16. The van der Waals surface area contributed by atoms with Crippen molar-refractivity contribution < 1.29 is 14.9 Å². The van der Waals surface area contributed by atoms with Crippen LogP contribution in [0, 0.1) is 0 Å². The fourth-order valence-corrected chi connectivity index (χ4v) is 2.66. The van der Waals surface area contributed by atoms with Crippen molar-refractivity contribution in [3.8, 4) is 5.75 Å². The minimum absolute atomic E-state index is 0.149. The van der Waals surface area contributed by atoms with E-state index in [1.165, 1.54) is 15.8 Å². The number of ether oxygens (including phenoxy) is 1. The van der Waals surface area contributed by atoms with Crippen LogP contribution < -0.4 is 4.74 Å². The van der Waals surface area contributed by atoms with E-state index in [2.05, 4.69) is 22.4 Å². The SMILES string of the molecule is CC(C)(O)c1cn(CC(O)COc2ccc(Cc3ccccc3)cc2)nn1. The van der Waals surface area contributed by atoms with Crippen molar-refractivity contribution >= 4 is 0 Å². The van der Waals surface area contributed by atoms with E-state index in [1.807, 2.05) is 42.5 Å². The Hall–Kier alpha value is -2.70. The number of rotatable bonds is 8. The summed E-state index contributed by atoms with van der Waals surface area (Å²) in [5.74, 6) is 0.710. The van der Waals surface area contributed by atoms with Crippen LogP contribution in [-0.2, 0) is 18.6 Å². The summed E-state index contributed by atoms with van der Waals surface area (Å²) in [4.78, 5) is 0. The van der Waals surface area contributed by atoms with Gasteiger partial charge < -0.3 is 14.9 Å². The van der Waals surface area contributed by atoms with Crippen molar-refractivity contribution in [2.75, 3.05) is 6.61 Å². The van der Waals surface area contributed by atoms with Crippen molar-refractivity contribution in [3.63, 3.8) is 0 Å². The van der Waals surface area contributed by atoms with Crippen LogP contribution in [0.5, 0.6) is 5.75 Å². The molecule has 3 aromatic rings. The van der Waals surface area contributed by atoms with Gasteiger partial charge in [-0.2, -0.15) is 0 Å². The van der Waals surface area contributed by atoms with Crippen molar-refractivity contribution in [2.45, 2.75) is 38.5 Å². The number of hydrogen-bond acceptors (Lipinski definition) is 5. The highest BCUT2D eigenvalue weighted by molar-refractivity contribution is 5.31. The normalized spacial score (nSPS) is 12.7. The average Bonchev–Trinajstić information content (AvgIpc) is 3.11. The molecule has 1 atom stereocenters. The molecule has 0 aliphatic rings. The summed E-state index contributed by atoms with van der Waals surface area (Å²) >= 11 is 0. The number of hydrogen-bond donors (Lipinski definition) is 2. The van der Waals surface area contributed by atoms with E-state index >= 15 is 0 Å². The Kier molecular flexibility index (Phi) is 5.88. The number of nitrogens with zero attached hydrogens (tertiary/aromatic N) is 3. The second kappa shape index (κ2) is 8.33. The van der Waals surface area contributed by atoms with Crippen LogP contribution in [0.3, 0.4) is 0 Å². The average molecular weight is 367 g/mol. The molecule has 27 heavy (non-hydrogen) atoms. The number of aromatic nitrogens is 3. The number of aliphatic hydroxyl groups is 2. The topological polar surface area (TPSA) is 80.4 Å². The van der Waals surface area contributed by atoms with E-state index in [0.717, 1.165) is 6.42 Å². The monoisotopic (exact) mass is 367 g/mol. The van der Waals surface area contributed by atoms with Crippen LogP contribution in [0.2, 0.25) is 0 Å². The molecule has 2 N–H and O–H groups in total. The molecule has 2 aromatic carbocycles. The van der Waals surface area contributed by atoms with Gasteiger partial charge in [-0.15, -0.1) is 5.10 Å². The minimum atomic E-state index is -1.05. The van der Waals surface area contributed by atoms with Crippen molar-refractivity contribution in [3.05, 3.63) is 77.6 Å². The van der Waals surface area contributed by atoms with E-state index in [9.17, 15) is 10.2 Å². The molecule has 0 spiro atoms. The highest BCUT2D eigenvalue weighted by Crippen LogP contribution is 2.17. The summed E-state index contributed by atoms with van der Waals surface area (Å²) in [6.45, 7) is 3.68. The molecule has 0 aliphatic carbocycles. The lowest BCUT2D eigenvalue weighted by Crippen LogP contribution is -2.24. The van der Waals surface area contributed by atoms with Gasteiger partial charge in [0.1, 0.15) is 29.8 Å². The van der Waals surface area contributed by atoms with Crippen LogP contribution in [-0.4, -0.2) is 37.9 Å². The van der Waals surface area contributed by atoms with Crippen LogP contribution in [0.15, 0.2) is 60.8 Å². The van der Waals surface area contributed by atoms with Crippen molar-refractivity contribution in [2.24, 2.45) is 0 Å². The molecule has 6 nitrogen and oxygen atoms in total. The van der Waals surface area contributed by atoms with Gasteiger partial charge in [-0.3, -0.25) is 0 Å². The molecule has 0 aliphatic heterocycles. The highest BCUT2D eigenvalue weighted by atomic mass is 16.5. The third-order valence-electron chi connectivity index (χ3n) is 4.18. The Morgan fingerprint density at radius 2 is 1.70 bits per heavy atom. The first-order valence-corrected chi connectivity index (χ1v) is 8.97. The minimum Gasteiger partial charge on any atom is -0.491 e. The summed E-state index contributed by atoms with van der Waals surface area (Å²) in [5, 5.41) is 27.9. The van der Waals surface area contributed by atoms with E-state index in [4.69, 9.17) is 4.74 Å². The van der Waals surface area contributed by atoms with E-state index < -0.39 is 11.7 Å². The molecule has 0 bridgehead atoms. The maximum absolute atomic E-state index is 10.1. The van der Waals surface area contributed by atoms with Crippen LogP contribution in [0.4, 0.5) is 0 Å². The highest BCUT2D eigenvalue weighted by Gasteiger charge is 2.20. The standard InChI is InChI=1S/C21H25N3O3/c1-21(2,26)20-14-24(23-22-20)13-18(25)15-27-19-10-8-17(9-11-19)12-16-6-4-3-5-7-16/h3-11,14,18,25-26H,12-13,15H2,1-2H3. The fraction of sp³-hybridized carbons (Fsp3) is 0.333. The molecule has 0 saturated heterocycles. The number of aliphatic hydroxyl groups excluding tert-OH is 1. The molecule has 3 rings (SSSR count). The molecule has 0 fully saturated rings. The Morgan fingerprint density at radius 3 is 2.33 bits per heavy atom. The Bertz CT molecular complexity index is 839. The molecule has 6 heteroatoms. The predicted octanol–water partition coefficient (Wildman–Crippen LogP) is 2.54. The second-order valence-corrected chi connectivity index (χ2v) is 7.16. The Labute approximate surface area is 159 Å². The summed E-state index contributed by atoms with van der Waals surface area (Å²) < 4.78 is 7.16. The molecular formula is C21H25N3O3. The van der Waals surface area contributed by atoms with Gasteiger partial charge in [0.05, 0.1) is 12.7 Å². The first-order valence-electron chi connectivity index (χ1n) is 8.97. The molecule has 0 amide bonds.